The van der Waals surface area contributed by atoms with Crippen molar-refractivity contribution in [2.45, 2.75) is 32.2 Å². The predicted molar refractivity (Wildman–Crippen MR) is 86.2 cm³/mol. The Morgan fingerprint density at radius 1 is 1.29 bits per heavy atom. The summed E-state index contributed by atoms with van der Waals surface area (Å²) in [5, 5.41) is 4.04. The van der Waals surface area contributed by atoms with Gasteiger partial charge in [-0.15, -0.1) is 0 Å². The summed E-state index contributed by atoms with van der Waals surface area (Å²) in [6, 6.07) is 5.25. The van der Waals surface area contributed by atoms with Gasteiger partial charge >= 0.3 is 5.69 Å². The zero-order valence-corrected chi connectivity index (χ0v) is 13.2. The zero-order valence-electron chi connectivity index (χ0n) is 13.2. The molecule has 3 heterocycles. The van der Waals surface area contributed by atoms with Crippen LogP contribution >= 0.6 is 0 Å². The Morgan fingerprint density at radius 2 is 2.12 bits per heavy atom. The van der Waals surface area contributed by atoms with Gasteiger partial charge < -0.3 is 19.4 Å². The van der Waals surface area contributed by atoms with Crippen LogP contribution in [0.4, 0.5) is 0 Å². The lowest BCUT2D eigenvalue weighted by molar-refractivity contribution is -0.133. The van der Waals surface area contributed by atoms with Crippen LogP contribution in [-0.2, 0) is 4.79 Å². The van der Waals surface area contributed by atoms with Crippen LogP contribution in [-0.4, -0.2) is 37.5 Å². The number of imidazole rings is 1. The number of carbonyl (C=O) groups excluding carboxylic acids is 1. The maximum absolute atomic E-state index is 11.8. The molecule has 2 aromatic heterocycles. The molecule has 1 aliphatic rings. The third-order valence-corrected chi connectivity index (χ3v) is 4.41. The van der Waals surface area contributed by atoms with Crippen LogP contribution in [0.15, 0.2) is 27.5 Å². The molecule has 1 unspecified atom stereocenters. The number of aromatic amines is 2. The van der Waals surface area contributed by atoms with E-state index < -0.39 is 0 Å². The number of fused-ring (bicyclic) bond motifs is 1. The van der Waals surface area contributed by atoms with Crippen molar-refractivity contribution >= 4 is 16.9 Å². The smallest absolute Gasteiger partial charge is 0.323 e. The number of carbonyl (C=O) groups is 1. The molecule has 24 heavy (non-hydrogen) atoms. The van der Waals surface area contributed by atoms with Gasteiger partial charge in [-0.2, -0.15) is 4.98 Å². The molecule has 0 spiro atoms. The summed E-state index contributed by atoms with van der Waals surface area (Å²) in [7, 11) is 0. The Morgan fingerprint density at radius 3 is 2.96 bits per heavy atom. The highest BCUT2D eigenvalue weighted by Gasteiger charge is 2.30. The number of aromatic nitrogens is 4. The molecular formula is C16H17N5O3. The van der Waals surface area contributed by atoms with Gasteiger partial charge in [0.1, 0.15) is 6.04 Å². The van der Waals surface area contributed by atoms with Crippen molar-refractivity contribution in [2.24, 2.45) is 0 Å². The Hall–Kier alpha value is -2.90. The second-order valence-electron chi connectivity index (χ2n) is 6.02. The number of piperidine rings is 1. The number of amides is 1. The summed E-state index contributed by atoms with van der Waals surface area (Å²) in [4.78, 5) is 34.8. The summed E-state index contributed by atoms with van der Waals surface area (Å²) in [5.41, 5.74) is 1.91. The Kier molecular flexibility index (Phi) is 3.44. The monoisotopic (exact) mass is 327 g/mol. The number of H-pyrrole nitrogens is 2. The molecule has 8 nitrogen and oxygen atoms in total. The molecular weight excluding hydrogens is 310 g/mol. The summed E-state index contributed by atoms with van der Waals surface area (Å²) in [6.07, 6.45) is 2.85. The van der Waals surface area contributed by atoms with Gasteiger partial charge in [0.2, 0.25) is 17.6 Å². The molecule has 3 aromatic rings. The Balaban J connectivity index is 1.67. The van der Waals surface area contributed by atoms with Crippen LogP contribution in [0.2, 0.25) is 0 Å². The molecule has 0 saturated carbocycles. The number of rotatable bonds is 2. The highest BCUT2D eigenvalue weighted by Crippen LogP contribution is 2.31. The Labute approximate surface area is 136 Å². The number of likely N-dealkylation sites (tertiary alicyclic amines) is 1. The fraction of sp³-hybridized carbons (Fsp3) is 0.375. The third kappa shape index (κ3) is 2.49. The standard InChI is InChI=1S/C16H17N5O3/c1-9(22)21-7-3-2-4-13(21)15-19-14(20-24-15)10-5-6-11-12(8-10)18-16(23)17-11/h5-6,8,13H,2-4,7H2,1H3,(H2,17,18,23). The van der Waals surface area contributed by atoms with Gasteiger partial charge in [-0.1, -0.05) is 5.16 Å². The number of hydrogen-bond acceptors (Lipinski definition) is 5. The van der Waals surface area contributed by atoms with E-state index in [1.54, 1.807) is 24.0 Å². The van der Waals surface area contributed by atoms with Crippen LogP contribution in [0.3, 0.4) is 0 Å². The maximum atomic E-state index is 11.8. The van der Waals surface area contributed by atoms with Crippen LogP contribution in [0.25, 0.3) is 22.4 Å². The van der Waals surface area contributed by atoms with Gasteiger partial charge in [0, 0.05) is 19.0 Å². The van der Waals surface area contributed by atoms with Gasteiger partial charge in [0.25, 0.3) is 0 Å². The van der Waals surface area contributed by atoms with Crippen molar-refractivity contribution in [1.82, 2.24) is 25.0 Å². The molecule has 1 saturated heterocycles. The number of benzene rings is 1. The molecule has 2 N–H and O–H groups in total. The number of nitrogens with one attached hydrogen (secondary N) is 2. The zero-order chi connectivity index (χ0) is 16.7. The molecule has 0 aliphatic carbocycles. The normalized spacial score (nSPS) is 18.2. The molecule has 1 fully saturated rings. The summed E-state index contributed by atoms with van der Waals surface area (Å²) in [5.74, 6) is 0.927. The SMILES string of the molecule is CC(=O)N1CCCCC1c1nc(-c2ccc3[nH]c(=O)[nH]c3c2)no1. The highest BCUT2D eigenvalue weighted by atomic mass is 16.5. The quantitative estimate of drug-likeness (QED) is 0.748. The van der Waals surface area contributed by atoms with Gasteiger partial charge in [-0.05, 0) is 37.5 Å². The van der Waals surface area contributed by atoms with Crippen molar-refractivity contribution in [3.63, 3.8) is 0 Å². The first-order valence-electron chi connectivity index (χ1n) is 7.95. The topological polar surface area (TPSA) is 108 Å². The van der Waals surface area contributed by atoms with E-state index >= 15 is 0 Å². The molecule has 1 aromatic carbocycles. The van der Waals surface area contributed by atoms with E-state index in [1.165, 1.54) is 0 Å². The molecule has 1 atom stereocenters. The van der Waals surface area contributed by atoms with Gasteiger partial charge in [-0.25, -0.2) is 4.79 Å². The minimum Gasteiger partial charge on any atom is -0.337 e. The summed E-state index contributed by atoms with van der Waals surface area (Å²) < 4.78 is 5.42. The lowest BCUT2D eigenvalue weighted by atomic mass is 10.0. The van der Waals surface area contributed by atoms with Crippen LogP contribution in [0.1, 0.15) is 38.1 Å². The van der Waals surface area contributed by atoms with E-state index in [0.29, 0.717) is 23.8 Å². The van der Waals surface area contributed by atoms with E-state index in [-0.39, 0.29) is 17.6 Å². The fourth-order valence-electron chi connectivity index (χ4n) is 3.22. The number of hydrogen-bond donors (Lipinski definition) is 2. The van der Waals surface area contributed by atoms with Crippen molar-refractivity contribution in [3.8, 4) is 11.4 Å². The lowest BCUT2D eigenvalue weighted by Gasteiger charge is -2.32. The van der Waals surface area contributed by atoms with Crippen molar-refractivity contribution in [1.29, 1.82) is 0 Å². The van der Waals surface area contributed by atoms with E-state index in [9.17, 15) is 9.59 Å². The minimum atomic E-state index is -0.254. The highest BCUT2D eigenvalue weighted by molar-refractivity contribution is 5.79. The average Bonchev–Trinajstić information content (AvgIpc) is 3.19. The second-order valence-corrected chi connectivity index (χ2v) is 6.02. The van der Waals surface area contributed by atoms with Crippen molar-refractivity contribution in [3.05, 3.63) is 34.6 Å². The summed E-state index contributed by atoms with van der Waals surface area (Å²) in [6.45, 7) is 2.28. The Bertz CT molecular complexity index is 954. The van der Waals surface area contributed by atoms with E-state index in [2.05, 4.69) is 20.1 Å². The second kappa shape index (κ2) is 5.63. The van der Waals surface area contributed by atoms with Crippen LogP contribution in [0.5, 0.6) is 0 Å². The largest absolute Gasteiger partial charge is 0.337 e. The van der Waals surface area contributed by atoms with Gasteiger partial charge in [0.05, 0.1) is 11.0 Å². The molecule has 0 bridgehead atoms. The van der Waals surface area contributed by atoms with Crippen molar-refractivity contribution in [2.75, 3.05) is 6.54 Å². The van der Waals surface area contributed by atoms with Crippen LogP contribution < -0.4 is 5.69 Å². The minimum absolute atomic E-state index is 0.0192. The molecule has 1 amide bonds. The van der Waals surface area contributed by atoms with E-state index in [1.807, 2.05) is 6.07 Å². The molecule has 124 valence electrons. The average molecular weight is 327 g/mol. The molecule has 8 heteroatoms. The first-order valence-corrected chi connectivity index (χ1v) is 7.95. The van der Waals surface area contributed by atoms with E-state index in [0.717, 1.165) is 30.3 Å². The molecule has 1 aliphatic heterocycles. The first kappa shape index (κ1) is 14.7. The molecule has 0 radical (unpaired) electrons. The van der Waals surface area contributed by atoms with Gasteiger partial charge in [-0.3, -0.25) is 4.79 Å². The van der Waals surface area contributed by atoms with Crippen molar-refractivity contribution < 1.29 is 9.32 Å². The van der Waals surface area contributed by atoms with Gasteiger partial charge in [0.15, 0.2) is 0 Å². The fourth-order valence-corrected chi connectivity index (χ4v) is 3.22. The predicted octanol–water partition coefficient (Wildman–Crippen LogP) is 1.98. The van der Waals surface area contributed by atoms with Crippen LogP contribution in [0, 0.1) is 0 Å². The molecule has 4 rings (SSSR count). The maximum Gasteiger partial charge on any atom is 0.323 e. The first-order chi connectivity index (χ1) is 11.6. The summed E-state index contributed by atoms with van der Waals surface area (Å²) >= 11 is 0. The van der Waals surface area contributed by atoms with E-state index in [4.69, 9.17) is 4.52 Å². The lowest BCUT2D eigenvalue weighted by Crippen LogP contribution is -2.37. The third-order valence-electron chi connectivity index (χ3n) is 4.41. The number of nitrogens with zero attached hydrogens (tertiary/aromatic N) is 3.